The van der Waals surface area contributed by atoms with Crippen LogP contribution in [-0.4, -0.2) is 32.0 Å². The summed E-state index contributed by atoms with van der Waals surface area (Å²) >= 11 is 5.74. The Morgan fingerprint density at radius 2 is 1.83 bits per heavy atom. The zero-order valence-corrected chi connectivity index (χ0v) is 20.6. The van der Waals surface area contributed by atoms with Gasteiger partial charge in [-0.3, -0.25) is 9.78 Å². The smallest absolute Gasteiger partial charge is 0.226 e. The van der Waals surface area contributed by atoms with Crippen molar-refractivity contribution in [3.63, 3.8) is 0 Å². The third-order valence-electron chi connectivity index (χ3n) is 6.30. The number of anilines is 1. The molecule has 6 nitrogen and oxygen atoms in total. The number of aryl methyl sites for hydroxylation is 1. The Bertz CT molecular complexity index is 1350. The molecule has 182 valence electrons. The highest BCUT2D eigenvalue weighted by Gasteiger charge is 2.41. The number of amides is 1. The van der Waals surface area contributed by atoms with Crippen LogP contribution in [0, 0.1) is 12.7 Å². The highest BCUT2D eigenvalue weighted by molar-refractivity contribution is 7.80. The number of halogens is 1. The predicted molar refractivity (Wildman–Crippen MR) is 142 cm³/mol. The molecule has 3 heterocycles. The Morgan fingerprint density at radius 3 is 2.56 bits per heavy atom. The Labute approximate surface area is 214 Å². The molecule has 1 aliphatic heterocycles. The molecule has 8 heteroatoms. The van der Waals surface area contributed by atoms with Gasteiger partial charge in [0.1, 0.15) is 5.82 Å². The minimum atomic E-state index is -0.288. The summed E-state index contributed by atoms with van der Waals surface area (Å²) in [7, 11) is 0. The summed E-state index contributed by atoms with van der Waals surface area (Å²) in [6.45, 7) is 2.43. The number of aromatic nitrogens is 2. The van der Waals surface area contributed by atoms with Crippen molar-refractivity contribution in [3.05, 3.63) is 114 Å². The van der Waals surface area contributed by atoms with Gasteiger partial charge in [-0.25, -0.2) is 4.39 Å². The summed E-state index contributed by atoms with van der Waals surface area (Å²) in [6.07, 6.45) is 3.97. The fourth-order valence-corrected chi connectivity index (χ4v) is 4.85. The van der Waals surface area contributed by atoms with Crippen LogP contribution in [0.25, 0.3) is 5.69 Å². The molecule has 1 saturated heterocycles. The summed E-state index contributed by atoms with van der Waals surface area (Å²) in [4.78, 5) is 19.4. The summed E-state index contributed by atoms with van der Waals surface area (Å²) in [6, 6.07) is 23.4. The van der Waals surface area contributed by atoms with Gasteiger partial charge in [0.25, 0.3) is 0 Å². The molecular formula is C28H26FN5OS. The summed E-state index contributed by atoms with van der Waals surface area (Å²) in [5.74, 6) is -0.376. The summed E-state index contributed by atoms with van der Waals surface area (Å²) in [5, 5.41) is 6.94. The Kier molecular flexibility index (Phi) is 6.77. The fraction of sp³-hybridized carbons (Fsp3) is 0.179. The lowest BCUT2D eigenvalue weighted by atomic mass is 10.0. The average molecular weight is 500 g/mol. The minimum Gasteiger partial charge on any atom is -0.352 e. The van der Waals surface area contributed by atoms with Gasteiger partial charge in [0.2, 0.25) is 5.91 Å². The maximum atomic E-state index is 13.6. The molecule has 36 heavy (non-hydrogen) atoms. The van der Waals surface area contributed by atoms with E-state index in [0.717, 1.165) is 28.3 Å². The van der Waals surface area contributed by atoms with Crippen molar-refractivity contribution >= 4 is 28.9 Å². The van der Waals surface area contributed by atoms with Gasteiger partial charge in [0, 0.05) is 42.4 Å². The van der Waals surface area contributed by atoms with E-state index in [0.29, 0.717) is 11.7 Å². The molecule has 1 fully saturated rings. The number of thiocarbonyl (C=S) groups is 1. The summed E-state index contributed by atoms with van der Waals surface area (Å²) in [5.41, 5.74) is 4.55. The first-order valence-electron chi connectivity index (χ1n) is 11.8. The SMILES string of the molecule is Cc1ccc(NC(=O)CCN2C(=S)N[C@H](c3ccccn3)[C@@H]2c2cccn2-c2ccc(F)cc2)cc1. The van der Waals surface area contributed by atoms with E-state index in [2.05, 4.69) is 15.6 Å². The monoisotopic (exact) mass is 499 g/mol. The van der Waals surface area contributed by atoms with Gasteiger partial charge in [-0.1, -0.05) is 23.8 Å². The molecule has 4 aromatic rings. The minimum absolute atomic E-state index is 0.0874. The van der Waals surface area contributed by atoms with Crippen molar-refractivity contribution in [2.45, 2.75) is 25.4 Å². The number of pyridine rings is 1. The average Bonchev–Trinajstić information content (AvgIpc) is 3.49. The zero-order chi connectivity index (χ0) is 25.1. The van der Waals surface area contributed by atoms with Crippen LogP contribution >= 0.6 is 12.2 Å². The number of carbonyl (C=O) groups is 1. The number of nitrogens with zero attached hydrogens (tertiary/aromatic N) is 3. The number of benzene rings is 2. The van der Waals surface area contributed by atoms with Crippen molar-refractivity contribution in [1.82, 2.24) is 19.8 Å². The Balaban J connectivity index is 1.43. The molecule has 0 saturated carbocycles. The van der Waals surface area contributed by atoms with Crippen molar-refractivity contribution in [1.29, 1.82) is 0 Å². The van der Waals surface area contributed by atoms with E-state index in [4.69, 9.17) is 12.2 Å². The van der Waals surface area contributed by atoms with E-state index in [-0.39, 0.29) is 30.2 Å². The van der Waals surface area contributed by atoms with Gasteiger partial charge in [0.15, 0.2) is 5.11 Å². The lowest BCUT2D eigenvalue weighted by molar-refractivity contribution is -0.116. The molecule has 2 aromatic carbocycles. The van der Waals surface area contributed by atoms with Crippen molar-refractivity contribution < 1.29 is 9.18 Å². The second-order valence-corrected chi connectivity index (χ2v) is 9.15. The van der Waals surface area contributed by atoms with Gasteiger partial charge >= 0.3 is 0 Å². The molecule has 0 bridgehead atoms. The molecule has 0 spiro atoms. The van der Waals surface area contributed by atoms with Crippen LogP contribution in [0.2, 0.25) is 0 Å². The van der Waals surface area contributed by atoms with E-state index in [1.54, 1.807) is 18.3 Å². The number of nitrogens with one attached hydrogen (secondary N) is 2. The van der Waals surface area contributed by atoms with E-state index in [1.807, 2.05) is 77.2 Å². The topological polar surface area (TPSA) is 62.2 Å². The maximum absolute atomic E-state index is 13.6. The molecular weight excluding hydrogens is 473 g/mol. The lowest BCUT2D eigenvalue weighted by Crippen LogP contribution is -2.33. The standard InChI is InChI=1S/C28H26FN5OS/c1-19-7-11-21(12-8-19)31-25(35)15-18-34-27(26(32-28(34)36)23-5-2-3-16-30-23)24-6-4-17-33(24)22-13-9-20(29)10-14-22/h2-14,16-17,26-27H,15,18H2,1H3,(H,31,35)(H,32,36)/t26-,27+/m1/s1. The quantitative estimate of drug-likeness (QED) is 0.337. The first-order chi connectivity index (χ1) is 17.5. The highest BCUT2D eigenvalue weighted by atomic mass is 32.1. The second-order valence-electron chi connectivity index (χ2n) is 8.76. The van der Waals surface area contributed by atoms with Crippen LogP contribution in [-0.2, 0) is 4.79 Å². The van der Waals surface area contributed by atoms with E-state index in [9.17, 15) is 9.18 Å². The van der Waals surface area contributed by atoms with Gasteiger partial charge in [0.05, 0.1) is 17.8 Å². The molecule has 0 unspecified atom stereocenters. The third kappa shape index (κ3) is 4.99. The van der Waals surface area contributed by atoms with Crippen molar-refractivity contribution in [2.75, 3.05) is 11.9 Å². The second kappa shape index (κ2) is 10.3. The third-order valence-corrected chi connectivity index (χ3v) is 6.65. The van der Waals surface area contributed by atoms with Crippen LogP contribution < -0.4 is 10.6 Å². The van der Waals surface area contributed by atoms with Gasteiger partial charge < -0.3 is 20.1 Å². The van der Waals surface area contributed by atoms with Crippen LogP contribution in [0.1, 0.15) is 35.5 Å². The molecule has 1 amide bonds. The number of hydrogen-bond acceptors (Lipinski definition) is 3. The van der Waals surface area contributed by atoms with Gasteiger partial charge in [-0.05, 0) is 79.8 Å². The fourth-order valence-electron chi connectivity index (χ4n) is 4.52. The first-order valence-corrected chi connectivity index (χ1v) is 12.2. The lowest BCUT2D eigenvalue weighted by Gasteiger charge is -2.28. The number of hydrogen-bond donors (Lipinski definition) is 2. The molecule has 2 aromatic heterocycles. The Hall–Kier alpha value is -4.04. The van der Waals surface area contributed by atoms with Crippen molar-refractivity contribution in [2.24, 2.45) is 0 Å². The molecule has 2 atom stereocenters. The van der Waals surface area contributed by atoms with E-state index < -0.39 is 0 Å². The van der Waals surface area contributed by atoms with Crippen LogP contribution in [0.4, 0.5) is 10.1 Å². The largest absolute Gasteiger partial charge is 0.352 e. The molecule has 0 aliphatic carbocycles. The van der Waals surface area contributed by atoms with Crippen molar-refractivity contribution in [3.8, 4) is 5.69 Å². The molecule has 2 N–H and O–H groups in total. The molecule has 1 aliphatic rings. The number of carbonyl (C=O) groups excluding carboxylic acids is 1. The predicted octanol–water partition coefficient (Wildman–Crippen LogP) is 5.32. The van der Waals surface area contributed by atoms with E-state index >= 15 is 0 Å². The Morgan fingerprint density at radius 1 is 1.06 bits per heavy atom. The van der Waals surface area contributed by atoms with Crippen LogP contribution in [0.5, 0.6) is 0 Å². The van der Waals surface area contributed by atoms with Gasteiger partial charge in [-0.2, -0.15) is 0 Å². The highest BCUT2D eigenvalue weighted by Crippen LogP contribution is 2.39. The first kappa shape index (κ1) is 23.7. The van der Waals surface area contributed by atoms with Crippen LogP contribution in [0.3, 0.4) is 0 Å². The normalized spacial score (nSPS) is 17.2. The van der Waals surface area contributed by atoms with E-state index in [1.165, 1.54) is 12.1 Å². The van der Waals surface area contributed by atoms with Crippen LogP contribution in [0.15, 0.2) is 91.3 Å². The zero-order valence-electron chi connectivity index (χ0n) is 19.8. The summed E-state index contributed by atoms with van der Waals surface area (Å²) < 4.78 is 15.6. The number of rotatable bonds is 7. The molecule has 5 rings (SSSR count). The molecule has 0 radical (unpaired) electrons. The van der Waals surface area contributed by atoms with Gasteiger partial charge in [-0.15, -0.1) is 0 Å². The maximum Gasteiger partial charge on any atom is 0.226 e.